The van der Waals surface area contributed by atoms with E-state index in [4.69, 9.17) is 4.74 Å². The maximum atomic E-state index is 11.9. The minimum Gasteiger partial charge on any atom is -0.452 e. The van der Waals surface area contributed by atoms with Crippen LogP contribution in [0.1, 0.15) is 36.7 Å². The predicted octanol–water partition coefficient (Wildman–Crippen LogP) is 1.69. The lowest BCUT2D eigenvalue weighted by molar-refractivity contribution is -0.130. The molecule has 118 valence electrons. The van der Waals surface area contributed by atoms with E-state index < -0.39 is 24.5 Å². The summed E-state index contributed by atoms with van der Waals surface area (Å²) in [6.45, 7) is 6.54. The second kappa shape index (κ2) is 6.17. The fourth-order valence-corrected chi connectivity index (χ4v) is 2.10. The molecule has 6 heteroatoms. The minimum atomic E-state index is -0.576. The summed E-state index contributed by atoms with van der Waals surface area (Å²) in [5, 5.41) is 2.52. The van der Waals surface area contributed by atoms with E-state index in [9.17, 15) is 14.4 Å². The molecule has 1 fully saturated rings. The van der Waals surface area contributed by atoms with Crippen LogP contribution in [0.4, 0.5) is 4.79 Å². The van der Waals surface area contributed by atoms with Crippen LogP contribution in [-0.2, 0) is 14.9 Å². The third-order valence-electron chi connectivity index (χ3n) is 3.47. The lowest BCUT2D eigenvalue weighted by Gasteiger charge is -2.19. The Hall–Kier alpha value is -2.37. The lowest BCUT2D eigenvalue weighted by Crippen LogP contribution is -2.37. The number of esters is 1. The Morgan fingerprint density at radius 1 is 1.23 bits per heavy atom. The van der Waals surface area contributed by atoms with Crippen LogP contribution in [0.2, 0.25) is 0 Å². The molecule has 0 saturated carbocycles. The zero-order valence-electron chi connectivity index (χ0n) is 13.0. The van der Waals surface area contributed by atoms with Crippen molar-refractivity contribution in [2.24, 2.45) is 0 Å². The molecule has 1 aromatic rings. The maximum absolute atomic E-state index is 11.9. The van der Waals surface area contributed by atoms with Gasteiger partial charge in [-0.1, -0.05) is 32.9 Å². The third-order valence-corrected chi connectivity index (χ3v) is 3.47. The third kappa shape index (κ3) is 3.63. The zero-order chi connectivity index (χ0) is 16.3. The summed E-state index contributed by atoms with van der Waals surface area (Å²) in [7, 11) is 0. The van der Waals surface area contributed by atoms with E-state index in [1.165, 1.54) is 0 Å². The molecule has 0 atom stereocenters. The van der Waals surface area contributed by atoms with Crippen LogP contribution >= 0.6 is 0 Å². The Bertz CT molecular complexity index is 587. The molecule has 22 heavy (non-hydrogen) atoms. The number of rotatable bonds is 3. The van der Waals surface area contributed by atoms with Crippen molar-refractivity contribution in [3.8, 4) is 0 Å². The van der Waals surface area contributed by atoms with Gasteiger partial charge in [-0.3, -0.25) is 9.69 Å². The maximum Gasteiger partial charge on any atom is 0.338 e. The summed E-state index contributed by atoms with van der Waals surface area (Å²) in [5.74, 6) is -1.09. The Morgan fingerprint density at radius 3 is 2.36 bits per heavy atom. The number of nitrogens with one attached hydrogen (secondary N) is 1. The van der Waals surface area contributed by atoms with Crippen molar-refractivity contribution in [1.82, 2.24) is 10.2 Å². The SMILES string of the molecule is CC(C)(C)c1ccc(C(=O)OCC(=O)N2CCNC2=O)cc1. The smallest absolute Gasteiger partial charge is 0.338 e. The molecular formula is C16H20N2O4. The molecule has 2 rings (SSSR count). The molecule has 3 amide bonds. The highest BCUT2D eigenvalue weighted by molar-refractivity contribution is 5.98. The van der Waals surface area contributed by atoms with Crippen LogP contribution in [0.5, 0.6) is 0 Å². The van der Waals surface area contributed by atoms with Crippen molar-refractivity contribution in [2.75, 3.05) is 19.7 Å². The van der Waals surface area contributed by atoms with E-state index in [1.54, 1.807) is 12.1 Å². The summed E-state index contributed by atoms with van der Waals surface area (Å²) in [4.78, 5) is 36.0. The average Bonchev–Trinajstić information content (AvgIpc) is 2.90. The van der Waals surface area contributed by atoms with Gasteiger partial charge >= 0.3 is 12.0 Å². The van der Waals surface area contributed by atoms with Crippen molar-refractivity contribution in [2.45, 2.75) is 26.2 Å². The molecular weight excluding hydrogens is 284 g/mol. The van der Waals surface area contributed by atoms with Gasteiger partial charge in [0.25, 0.3) is 5.91 Å². The Kier molecular flexibility index (Phi) is 4.49. The number of carbonyl (C=O) groups is 3. The van der Waals surface area contributed by atoms with E-state index in [0.29, 0.717) is 18.7 Å². The van der Waals surface area contributed by atoms with Crippen molar-refractivity contribution < 1.29 is 19.1 Å². The summed E-state index contributed by atoms with van der Waals surface area (Å²) in [6, 6.07) is 6.64. The largest absolute Gasteiger partial charge is 0.452 e. The molecule has 0 unspecified atom stereocenters. The lowest BCUT2D eigenvalue weighted by atomic mass is 9.87. The molecule has 0 spiro atoms. The molecule has 1 heterocycles. The Labute approximate surface area is 129 Å². The van der Waals surface area contributed by atoms with Gasteiger partial charge in [0.2, 0.25) is 0 Å². The zero-order valence-corrected chi connectivity index (χ0v) is 13.0. The molecule has 1 aromatic carbocycles. The number of ether oxygens (including phenoxy) is 1. The first kappa shape index (κ1) is 16.0. The normalized spacial score (nSPS) is 14.7. The van der Waals surface area contributed by atoms with Gasteiger partial charge < -0.3 is 10.1 Å². The molecule has 0 aliphatic carbocycles. The average molecular weight is 304 g/mol. The van der Waals surface area contributed by atoms with E-state index in [0.717, 1.165) is 10.5 Å². The predicted molar refractivity (Wildman–Crippen MR) is 80.5 cm³/mol. The summed E-state index contributed by atoms with van der Waals surface area (Å²) in [5.41, 5.74) is 1.49. The fraction of sp³-hybridized carbons (Fsp3) is 0.438. The summed E-state index contributed by atoms with van der Waals surface area (Å²) in [6.07, 6.45) is 0. The van der Waals surface area contributed by atoms with Crippen LogP contribution in [-0.4, -0.2) is 42.5 Å². The number of imide groups is 1. The van der Waals surface area contributed by atoms with Crippen molar-refractivity contribution in [3.05, 3.63) is 35.4 Å². The van der Waals surface area contributed by atoms with Gasteiger partial charge in [0.15, 0.2) is 6.61 Å². The fourth-order valence-electron chi connectivity index (χ4n) is 2.10. The molecule has 0 bridgehead atoms. The van der Waals surface area contributed by atoms with Gasteiger partial charge in [-0.2, -0.15) is 0 Å². The number of urea groups is 1. The van der Waals surface area contributed by atoms with Crippen LogP contribution in [0.15, 0.2) is 24.3 Å². The second-order valence-electron chi connectivity index (χ2n) is 6.18. The molecule has 1 saturated heterocycles. The van der Waals surface area contributed by atoms with Crippen molar-refractivity contribution in [1.29, 1.82) is 0 Å². The molecule has 0 radical (unpaired) electrons. The van der Waals surface area contributed by atoms with Crippen molar-refractivity contribution >= 4 is 17.9 Å². The van der Waals surface area contributed by atoms with Crippen molar-refractivity contribution in [3.63, 3.8) is 0 Å². The highest BCUT2D eigenvalue weighted by Crippen LogP contribution is 2.22. The number of hydrogen-bond acceptors (Lipinski definition) is 4. The summed E-state index contributed by atoms with van der Waals surface area (Å²) >= 11 is 0. The number of nitrogens with zero attached hydrogens (tertiary/aromatic N) is 1. The molecule has 1 aliphatic rings. The van der Waals surface area contributed by atoms with Gasteiger partial charge in [0.05, 0.1) is 5.56 Å². The monoisotopic (exact) mass is 304 g/mol. The summed E-state index contributed by atoms with van der Waals surface area (Å²) < 4.78 is 4.97. The van der Waals surface area contributed by atoms with Crippen LogP contribution in [0, 0.1) is 0 Å². The second-order valence-corrected chi connectivity index (χ2v) is 6.18. The first-order valence-electron chi connectivity index (χ1n) is 7.15. The molecule has 1 N–H and O–H groups in total. The van der Waals surface area contributed by atoms with Gasteiger partial charge in [-0.25, -0.2) is 9.59 Å². The van der Waals surface area contributed by atoms with E-state index in [-0.39, 0.29) is 5.41 Å². The Balaban J connectivity index is 1.92. The first-order chi connectivity index (χ1) is 10.3. The quantitative estimate of drug-likeness (QED) is 0.862. The molecule has 6 nitrogen and oxygen atoms in total. The highest BCUT2D eigenvalue weighted by atomic mass is 16.5. The van der Waals surface area contributed by atoms with Crippen LogP contribution in [0.25, 0.3) is 0 Å². The van der Waals surface area contributed by atoms with Gasteiger partial charge in [-0.15, -0.1) is 0 Å². The highest BCUT2D eigenvalue weighted by Gasteiger charge is 2.26. The van der Waals surface area contributed by atoms with E-state index in [1.807, 2.05) is 12.1 Å². The minimum absolute atomic E-state index is 0.00150. The van der Waals surface area contributed by atoms with E-state index >= 15 is 0 Å². The Morgan fingerprint density at radius 2 is 1.86 bits per heavy atom. The van der Waals surface area contributed by atoms with Crippen LogP contribution in [0.3, 0.4) is 0 Å². The first-order valence-corrected chi connectivity index (χ1v) is 7.15. The van der Waals surface area contributed by atoms with E-state index in [2.05, 4.69) is 26.1 Å². The van der Waals surface area contributed by atoms with Gasteiger partial charge in [0.1, 0.15) is 0 Å². The number of benzene rings is 1. The number of carbonyl (C=O) groups excluding carboxylic acids is 3. The topological polar surface area (TPSA) is 75.7 Å². The number of hydrogen-bond donors (Lipinski definition) is 1. The molecule has 1 aliphatic heterocycles. The van der Waals surface area contributed by atoms with Gasteiger partial charge in [0, 0.05) is 13.1 Å². The standard InChI is InChI=1S/C16H20N2O4/c1-16(2,3)12-6-4-11(5-7-12)14(20)22-10-13(19)18-9-8-17-15(18)21/h4-7H,8-10H2,1-3H3,(H,17,21). The van der Waals surface area contributed by atoms with Crippen LogP contribution < -0.4 is 5.32 Å². The number of amides is 3. The van der Waals surface area contributed by atoms with Gasteiger partial charge in [-0.05, 0) is 23.1 Å². The molecule has 0 aromatic heterocycles.